The van der Waals surface area contributed by atoms with Crippen LogP contribution in [-0.2, 0) is 19.9 Å². The highest BCUT2D eigenvalue weighted by Gasteiger charge is 2.21. The SMILES string of the molecule is COc1c(F)ccc2c1c(CCN1CCc3ccc(Cl)cc3C(C)C1)cn2C. The van der Waals surface area contributed by atoms with Crippen LogP contribution in [0.25, 0.3) is 10.9 Å². The van der Waals surface area contributed by atoms with Gasteiger partial charge in [0.2, 0.25) is 0 Å². The Labute approximate surface area is 170 Å². The minimum atomic E-state index is -0.307. The van der Waals surface area contributed by atoms with Gasteiger partial charge in [-0.1, -0.05) is 24.6 Å². The number of halogens is 2. The van der Waals surface area contributed by atoms with Crippen LogP contribution in [0.4, 0.5) is 4.39 Å². The molecule has 148 valence electrons. The lowest BCUT2D eigenvalue weighted by Gasteiger charge is -2.22. The highest BCUT2D eigenvalue weighted by Crippen LogP contribution is 2.33. The maximum absolute atomic E-state index is 14.2. The molecular formula is C23H26ClFN2O. The second-order valence-electron chi connectivity index (χ2n) is 7.78. The van der Waals surface area contributed by atoms with Crippen LogP contribution in [-0.4, -0.2) is 36.2 Å². The molecule has 1 aromatic heterocycles. The van der Waals surface area contributed by atoms with Gasteiger partial charge in [0.15, 0.2) is 11.6 Å². The smallest absolute Gasteiger partial charge is 0.165 e. The molecule has 0 radical (unpaired) electrons. The van der Waals surface area contributed by atoms with E-state index in [0.717, 1.165) is 54.0 Å². The van der Waals surface area contributed by atoms with E-state index in [1.807, 2.05) is 19.2 Å². The van der Waals surface area contributed by atoms with Crippen molar-refractivity contribution in [2.75, 3.05) is 26.7 Å². The first-order valence-electron chi connectivity index (χ1n) is 9.79. The number of fused-ring (bicyclic) bond motifs is 2. The number of aryl methyl sites for hydroxylation is 1. The highest BCUT2D eigenvalue weighted by molar-refractivity contribution is 6.30. The van der Waals surface area contributed by atoms with Crippen molar-refractivity contribution in [2.24, 2.45) is 7.05 Å². The van der Waals surface area contributed by atoms with Crippen LogP contribution in [0, 0.1) is 5.82 Å². The third-order valence-electron chi connectivity index (χ3n) is 5.91. The van der Waals surface area contributed by atoms with E-state index in [4.69, 9.17) is 16.3 Å². The predicted octanol–water partition coefficient (Wildman–Crippen LogP) is 5.18. The van der Waals surface area contributed by atoms with E-state index in [2.05, 4.69) is 34.7 Å². The summed E-state index contributed by atoms with van der Waals surface area (Å²) < 4.78 is 21.7. The Morgan fingerprint density at radius 3 is 2.86 bits per heavy atom. The summed E-state index contributed by atoms with van der Waals surface area (Å²) >= 11 is 6.21. The summed E-state index contributed by atoms with van der Waals surface area (Å²) in [4.78, 5) is 2.50. The molecule has 0 aliphatic carbocycles. The fourth-order valence-electron chi connectivity index (χ4n) is 4.50. The third-order valence-corrected chi connectivity index (χ3v) is 6.14. The molecule has 0 bridgehead atoms. The molecule has 0 amide bonds. The molecule has 5 heteroatoms. The summed E-state index contributed by atoms with van der Waals surface area (Å²) in [5, 5.41) is 1.70. The van der Waals surface area contributed by atoms with Gasteiger partial charge in [-0.05, 0) is 59.7 Å². The first-order chi connectivity index (χ1) is 13.5. The van der Waals surface area contributed by atoms with E-state index in [1.165, 1.54) is 24.3 Å². The normalized spacial score (nSPS) is 17.5. The molecule has 1 aliphatic rings. The number of nitrogens with zero attached hydrogens (tertiary/aromatic N) is 2. The van der Waals surface area contributed by atoms with E-state index >= 15 is 0 Å². The number of hydrogen-bond donors (Lipinski definition) is 0. The number of aromatic nitrogens is 1. The third kappa shape index (κ3) is 3.51. The van der Waals surface area contributed by atoms with Crippen molar-refractivity contribution in [3.8, 4) is 5.75 Å². The van der Waals surface area contributed by atoms with Crippen molar-refractivity contribution in [2.45, 2.75) is 25.7 Å². The first-order valence-corrected chi connectivity index (χ1v) is 10.2. The molecule has 4 rings (SSSR count). The second kappa shape index (κ2) is 7.76. The topological polar surface area (TPSA) is 17.4 Å². The minimum absolute atomic E-state index is 0.307. The molecule has 1 aliphatic heterocycles. The molecule has 2 aromatic carbocycles. The zero-order valence-corrected chi connectivity index (χ0v) is 17.4. The number of rotatable bonds is 4. The standard InChI is InChI=1S/C23H26ClFN2O/c1-15-13-27(10-8-16-4-5-18(24)12-19(15)16)11-9-17-14-26(2)21-7-6-20(25)23(28-3)22(17)21/h4-7,12,14-15H,8-11,13H2,1-3H3. The Balaban J connectivity index is 1.55. The maximum atomic E-state index is 14.2. The lowest BCUT2D eigenvalue weighted by atomic mass is 9.95. The number of benzene rings is 2. The van der Waals surface area contributed by atoms with Crippen molar-refractivity contribution < 1.29 is 9.13 Å². The minimum Gasteiger partial charge on any atom is -0.493 e. The van der Waals surface area contributed by atoms with Gasteiger partial charge in [0, 0.05) is 43.3 Å². The Morgan fingerprint density at radius 2 is 2.07 bits per heavy atom. The summed E-state index contributed by atoms with van der Waals surface area (Å²) in [6, 6.07) is 9.56. The molecule has 0 saturated carbocycles. The Morgan fingerprint density at radius 1 is 1.25 bits per heavy atom. The van der Waals surface area contributed by atoms with Crippen LogP contribution in [0.5, 0.6) is 5.75 Å². The van der Waals surface area contributed by atoms with Gasteiger partial charge in [-0.15, -0.1) is 0 Å². The predicted molar refractivity (Wildman–Crippen MR) is 113 cm³/mol. The quantitative estimate of drug-likeness (QED) is 0.600. The van der Waals surface area contributed by atoms with E-state index in [0.29, 0.717) is 11.7 Å². The van der Waals surface area contributed by atoms with Crippen LogP contribution in [0.1, 0.15) is 29.5 Å². The molecule has 28 heavy (non-hydrogen) atoms. The lowest BCUT2D eigenvalue weighted by molar-refractivity contribution is 0.275. The Hall–Kier alpha value is -2.04. The largest absolute Gasteiger partial charge is 0.493 e. The molecule has 3 nitrogen and oxygen atoms in total. The second-order valence-corrected chi connectivity index (χ2v) is 8.22. The molecule has 3 aromatic rings. The van der Waals surface area contributed by atoms with Crippen molar-refractivity contribution >= 4 is 22.5 Å². The number of hydrogen-bond acceptors (Lipinski definition) is 2. The van der Waals surface area contributed by atoms with Gasteiger partial charge in [0.1, 0.15) is 0 Å². The van der Waals surface area contributed by atoms with Crippen LogP contribution in [0.3, 0.4) is 0 Å². The van der Waals surface area contributed by atoms with Crippen molar-refractivity contribution in [1.82, 2.24) is 9.47 Å². The van der Waals surface area contributed by atoms with Gasteiger partial charge >= 0.3 is 0 Å². The molecule has 0 fully saturated rings. The van der Waals surface area contributed by atoms with Crippen molar-refractivity contribution in [3.05, 3.63) is 64.1 Å². The molecule has 1 unspecified atom stereocenters. The summed E-state index contributed by atoms with van der Waals surface area (Å²) in [5.41, 5.74) is 4.89. The molecule has 0 saturated heterocycles. The average Bonchev–Trinajstić information content (AvgIpc) is 2.90. The van der Waals surface area contributed by atoms with Gasteiger partial charge in [0.05, 0.1) is 12.6 Å². The molecule has 2 heterocycles. The van der Waals surface area contributed by atoms with Crippen LogP contribution < -0.4 is 4.74 Å². The summed E-state index contributed by atoms with van der Waals surface area (Å²) in [5.74, 6) is 0.480. The maximum Gasteiger partial charge on any atom is 0.165 e. The highest BCUT2D eigenvalue weighted by atomic mass is 35.5. The van der Waals surface area contributed by atoms with Gasteiger partial charge in [-0.3, -0.25) is 0 Å². The zero-order valence-electron chi connectivity index (χ0n) is 16.6. The van der Waals surface area contributed by atoms with E-state index in [9.17, 15) is 4.39 Å². The van der Waals surface area contributed by atoms with E-state index in [1.54, 1.807) is 0 Å². The Bertz CT molecular complexity index is 1010. The summed E-state index contributed by atoms with van der Waals surface area (Å²) in [7, 11) is 3.53. The first kappa shape index (κ1) is 19.3. The summed E-state index contributed by atoms with van der Waals surface area (Å²) in [6.07, 6.45) is 3.99. The van der Waals surface area contributed by atoms with Crippen molar-refractivity contribution in [1.29, 1.82) is 0 Å². The average molecular weight is 401 g/mol. The van der Waals surface area contributed by atoms with Gasteiger partial charge < -0.3 is 14.2 Å². The van der Waals surface area contributed by atoms with Crippen LogP contribution in [0.2, 0.25) is 5.02 Å². The van der Waals surface area contributed by atoms with Crippen LogP contribution >= 0.6 is 11.6 Å². The summed E-state index contributed by atoms with van der Waals surface area (Å²) in [6.45, 7) is 5.23. The van der Waals surface area contributed by atoms with Crippen LogP contribution in [0.15, 0.2) is 36.5 Å². The zero-order chi connectivity index (χ0) is 19.8. The van der Waals surface area contributed by atoms with Crippen molar-refractivity contribution in [3.63, 3.8) is 0 Å². The van der Waals surface area contributed by atoms with Gasteiger partial charge in [-0.2, -0.15) is 0 Å². The number of ether oxygens (including phenoxy) is 1. The number of methoxy groups -OCH3 is 1. The van der Waals surface area contributed by atoms with E-state index < -0.39 is 0 Å². The lowest BCUT2D eigenvalue weighted by Crippen LogP contribution is -2.29. The molecule has 0 spiro atoms. The fraction of sp³-hybridized carbons (Fsp3) is 0.391. The molecular weight excluding hydrogens is 375 g/mol. The van der Waals surface area contributed by atoms with Gasteiger partial charge in [0.25, 0.3) is 0 Å². The van der Waals surface area contributed by atoms with Gasteiger partial charge in [-0.25, -0.2) is 4.39 Å². The van der Waals surface area contributed by atoms with E-state index in [-0.39, 0.29) is 5.82 Å². The molecule has 1 atom stereocenters. The molecule has 0 N–H and O–H groups in total. The monoisotopic (exact) mass is 400 g/mol. The Kier molecular flexibility index (Phi) is 5.35. The fourth-order valence-corrected chi connectivity index (χ4v) is 4.68.